The van der Waals surface area contributed by atoms with Gasteiger partial charge in [0.1, 0.15) is 0 Å². The Morgan fingerprint density at radius 1 is 1.60 bits per heavy atom. The SMILES string of the molecule is Cn1nnc(CC(=O)c2ccc(Br)s2)n1. The number of aromatic nitrogens is 4. The van der Waals surface area contributed by atoms with Crippen molar-refractivity contribution >= 4 is 33.0 Å². The van der Waals surface area contributed by atoms with E-state index in [2.05, 4.69) is 31.3 Å². The number of ketones is 1. The fourth-order valence-electron chi connectivity index (χ4n) is 1.09. The van der Waals surface area contributed by atoms with Gasteiger partial charge in [0.2, 0.25) is 0 Å². The maximum absolute atomic E-state index is 11.7. The molecule has 0 fully saturated rings. The lowest BCUT2D eigenvalue weighted by Crippen LogP contribution is -2.03. The van der Waals surface area contributed by atoms with Crippen LogP contribution in [0.5, 0.6) is 0 Å². The Labute approximate surface area is 98.2 Å². The Morgan fingerprint density at radius 3 is 2.93 bits per heavy atom. The molecule has 7 heteroatoms. The predicted octanol–water partition coefficient (Wildman–Crippen LogP) is 1.46. The van der Waals surface area contributed by atoms with Crippen LogP contribution < -0.4 is 0 Å². The number of nitrogens with zero attached hydrogens (tertiary/aromatic N) is 4. The van der Waals surface area contributed by atoms with Crippen LogP contribution in [-0.2, 0) is 13.5 Å². The Hall–Kier alpha value is -1.08. The number of rotatable bonds is 3. The van der Waals surface area contributed by atoms with Crippen molar-refractivity contribution in [1.82, 2.24) is 20.2 Å². The number of thiophene rings is 1. The van der Waals surface area contributed by atoms with E-state index in [1.54, 1.807) is 13.1 Å². The van der Waals surface area contributed by atoms with Gasteiger partial charge in [0.05, 0.1) is 22.1 Å². The molecular formula is C8H7BrN4OS. The lowest BCUT2D eigenvalue weighted by Gasteiger charge is -1.91. The summed E-state index contributed by atoms with van der Waals surface area (Å²) in [6.07, 6.45) is 0.195. The quantitative estimate of drug-likeness (QED) is 0.802. The van der Waals surface area contributed by atoms with Crippen LogP contribution in [0.4, 0.5) is 0 Å². The first-order valence-corrected chi connectivity index (χ1v) is 5.77. The minimum absolute atomic E-state index is 0.0127. The minimum Gasteiger partial charge on any atom is -0.293 e. The molecule has 0 aliphatic heterocycles. The standard InChI is InChI=1S/C8H7BrN4OS/c1-13-11-8(10-12-13)4-5(14)6-2-3-7(9)15-6/h2-3H,4H2,1H3. The molecule has 0 N–H and O–H groups in total. The van der Waals surface area contributed by atoms with E-state index < -0.39 is 0 Å². The smallest absolute Gasteiger partial charge is 0.182 e. The Bertz CT molecular complexity index is 492. The van der Waals surface area contributed by atoms with E-state index in [0.29, 0.717) is 10.7 Å². The van der Waals surface area contributed by atoms with Gasteiger partial charge in [-0.1, -0.05) is 0 Å². The highest BCUT2D eigenvalue weighted by molar-refractivity contribution is 9.11. The molecule has 2 rings (SSSR count). The van der Waals surface area contributed by atoms with E-state index in [0.717, 1.165) is 3.79 Å². The van der Waals surface area contributed by atoms with Crippen LogP contribution in [0, 0.1) is 0 Å². The highest BCUT2D eigenvalue weighted by atomic mass is 79.9. The first-order chi connectivity index (χ1) is 7.15. The van der Waals surface area contributed by atoms with Crippen LogP contribution in [0.2, 0.25) is 0 Å². The molecule has 2 aromatic heterocycles. The van der Waals surface area contributed by atoms with Crippen LogP contribution in [-0.4, -0.2) is 26.0 Å². The molecule has 0 aliphatic rings. The normalized spacial score (nSPS) is 10.5. The fourth-order valence-corrected chi connectivity index (χ4v) is 2.41. The van der Waals surface area contributed by atoms with Gasteiger partial charge in [-0.2, -0.15) is 4.80 Å². The molecule has 0 radical (unpaired) electrons. The van der Waals surface area contributed by atoms with Crippen molar-refractivity contribution in [3.8, 4) is 0 Å². The van der Waals surface area contributed by atoms with Gasteiger partial charge in [-0.25, -0.2) is 0 Å². The summed E-state index contributed by atoms with van der Waals surface area (Å²) in [6.45, 7) is 0. The molecule has 0 unspecified atom stereocenters. The molecular weight excluding hydrogens is 280 g/mol. The molecule has 0 bridgehead atoms. The lowest BCUT2D eigenvalue weighted by molar-refractivity contribution is 0.0994. The van der Waals surface area contributed by atoms with E-state index in [4.69, 9.17) is 0 Å². The number of Topliss-reactive ketones (excluding diaryl/α,β-unsaturated/α-hetero) is 1. The number of aryl methyl sites for hydroxylation is 1. The summed E-state index contributed by atoms with van der Waals surface area (Å²) < 4.78 is 0.943. The van der Waals surface area contributed by atoms with E-state index in [-0.39, 0.29) is 12.2 Å². The third-order valence-electron chi connectivity index (χ3n) is 1.72. The second kappa shape index (κ2) is 4.19. The zero-order valence-corrected chi connectivity index (χ0v) is 10.2. The summed E-state index contributed by atoms with van der Waals surface area (Å²) in [7, 11) is 1.67. The van der Waals surface area contributed by atoms with Gasteiger partial charge >= 0.3 is 0 Å². The van der Waals surface area contributed by atoms with Gasteiger partial charge in [-0.15, -0.1) is 21.5 Å². The van der Waals surface area contributed by atoms with E-state index in [1.807, 2.05) is 6.07 Å². The van der Waals surface area contributed by atoms with Crippen molar-refractivity contribution in [2.24, 2.45) is 7.05 Å². The van der Waals surface area contributed by atoms with E-state index in [9.17, 15) is 4.79 Å². The second-order valence-electron chi connectivity index (χ2n) is 2.90. The molecule has 5 nitrogen and oxygen atoms in total. The number of hydrogen-bond acceptors (Lipinski definition) is 5. The molecule has 2 heterocycles. The Kier molecular flexibility index (Phi) is 2.92. The third-order valence-corrected chi connectivity index (χ3v) is 3.38. The number of carbonyl (C=O) groups is 1. The van der Waals surface area contributed by atoms with Gasteiger partial charge in [-0.05, 0) is 33.3 Å². The van der Waals surface area contributed by atoms with Crippen LogP contribution in [0.15, 0.2) is 15.9 Å². The average molecular weight is 287 g/mol. The monoisotopic (exact) mass is 286 g/mol. The second-order valence-corrected chi connectivity index (χ2v) is 5.36. The van der Waals surface area contributed by atoms with Crippen molar-refractivity contribution < 1.29 is 4.79 Å². The largest absolute Gasteiger partial charge is 0.293 e. The molecule has 78 valence electrons. The molecule has 2 aromatic rings. The van der Waals surface area contributed by atoms with E-state index >= 15 is 0 Å². The van der Waals surface area contributed by atoms with Crippen molar-refractivity contribution in [3.05, 3.63) is 26.6 Å². The first-order valence-electron chi connectivity index (χ1n) is 4.16. The molecule has 15 heavy (non-hydrogen) atoms. The summed E-state index contributed by atoms with van der Waals surface area (Å²) in [5, 5.41) is 11.4. The third kappa shape index (κ3) is 2.48. The molecule has 0 atom stereocenters. The molecule has 0 spiro atoms. The Morgan fingerprint density at radius 2 is 2.40 bits per heavy atom. The zero-order chi connectivity index (χ0) is 10.8. The van der Waals surface area contributed by atoms with Gasteiger partial charge in [-0.3, -0.25) is 4.79 Å². The number of hydrogen-bond donors (Lipinski definition) is 0. The first kappa shape index (κ1) is 10.4. The van der Waals surface area contributed by atoms with Gasteiger partial charge in [0, 0.05) is 0 Å². The van der Waals surface area contributed by atoms with Gasteiger partial charge in [0.15, 0.2) is 11.6 Å². The Balaban J connectivity index is 2.10. The summed E-state index contributed by atoms with van der Waals surface area (Å²) in [5.41, 5.74) is 0. The van der Waals surface area contributed by atoms with Crippen molar-refractivity contribution in [3.63, 3.8) is 0 Å². The molecule has 0 aliphatic carbocycles. The van der Waals surface area contributed by atoms with Crippen molar-refractivity contribution in [2.45, 2.75) is 6.42 Å². The summed E-state index contributed by atoms with van der Waals surface area (Å²) in [4.78, 5) is 13.8. The number of carbonyl (C=O) groups excluding carboxylic acids is 1. The van der Waals surface area contributed by atoms with Crippen LogP contribution in [0.1, 0.15) is 15.5 Å². The summed E-state index contributed by atoms with van der Waals surface area (Å²) in [5.74, 6) is 0.464. The van der Waals surface area contributed by atoms with E-state index in [1.165, 1.54) is 16.1 Å². The number of tetrazole rings is 1. The molecule has 0 amide bonds. The summed E-state index contributed by atoms with van der Waals surface area (Å²) in [6, 6.07) is 3.63. The van der Waals surface area contributed by atoms with Gasteiger partial charge in [0.25, 0.3) is 0 Å². The van der Waals surface area contributed by atoms with Crippen LogP contribution in [0.25, 0.3) is 0 Å². The average Bonchev–Trinajstić information content (AvgIpc) is 2.75. The van der Waals surface area contributed by atoms with Crippen LogP contribution >= 0.6 is 27.3 Å². The topological polar surface area (TPSA) is 60.7 Å². The predicted molar refractivity (Wildman–Crippen MR) is 58.9 cm³/mol. The minimum atomic E-state index is 0.0127. The maximum atomic E-state index is 11.7. The zero-order valence-electron chi connectivity index (χ0n) is 7.85. The maximum Gasteiger partial charge on any atom is 0.182 e. The summed E-state index contributed by atoms with van der Waals surface area (Å²) >= 11 is 4.71. The highest BCUT2D eigenvalue weighted by Crippen LogP contribution is 2.22. The lowest BCUT2D eigenvalue weighted by atomic mass is 10.2. The molecule has 0 saturated carbocycles. The van der Waals surface area contributed by atoms with Crippen molar-refractivity contribution in [1.29, 1.82) is 0 Å². The van der Waals surface area contributed by atoms with Crippen LogP contribution in [0.3, 0.4) is 0 Å². The van der Waals surface area contributed by atoms with Crippen molar-refractivity contribution in [2.75, 3.05) is 0 Å². The molecule has 0 saturated heterocycles. The molecule has 0 aromatic carbocycles. The highest BCUT2D eigenvalue weighted by Gasteiger charge is 2.12. The number of halogens is 1. The fraction of sp³-hybridized carbons (Fsp3) is 0.250. The van der Waals surface area contributed by atoms with Gasteiger partial charge < -0.3 is 0 Å².